The number of carbonyl (C=O) groups is 2. The summed E-state index contributed by atoms with van der Waals surface area (Å²) in [6.07, 6.45) is 9.07. The molecule has 7 atom stereocenters. The van der Waals surface area contributed by atoms with Gasteiger partial charge in [0.25, 0.3) is 0 Å². The van der Waals surface area contributed by atoms with Crippen LogP contribution in [0.5, 0.6) is 0 Å². The summed E-state index contributed by atoms with van der Waals surface area (Å²) in [6.45, 7) is 4.15. The minimum Gasteiger partial charge on any atom is -0.462 e. The summed E-state index contributed by atoms with van der Waals surface area (Å²) in [5.74, 6) is 0.629. The molecule has 0 bridgehead atoms. The van der Waals surface area contributed by atoms with Crippen LogP contribution >= 0.6 is 0 Å². The number of cyclic esters (lactones) is 1. The Morgan fingerprint density at radius 3 is 2.83 bits per heavy atom. The molecule has 3 fully saturated rings. The molecule has 36 heavy (non-hydrogen) atoms. The number of hydrogen-bond donors (Lipinski definition) is 1. The number of ether oxygens (including phenoxy) is 2. The van der Waals surface area contributed by atoms with Gasteiger partial charge in [-0.1, -0.05) is 24.3 Å². The van der Waals surface area contributed by atoms with Crippen LogP contribution in [0.25, 0.3) is 17.2 Å². The van der Waals surface area contributed by atoms with E-state index in [4.69, 9.17) is 9.47 Å². The van der Waals surface area contributed by atoms with Crippen LogP contribution < -0.4 is 5.32 Å². The summed E-state index contributed by atoms with van der Waals surface area (Å²) in [7, 11) is 0. The normalized spacial score (nSPS) is 31.4. The number of nitrogens with one attached hydrogen (secondary N) is 1. The molecule has 7 heteroatoms. The summed E-state index contributed by atoms with van der Waals surface area (Å²) >= 11 is 0. The average molecular weight is 493 g/mol. The fourth-order valence-electron chi connectivity index (χ4n) is 6.64. The van der Waals surface area contributed by atoms with Crippen molar-refractivity contribution in [3.05, 3.63) is 60.2 Å². The highest BCUT2D eigenvalue weighted by Crippen LogP contribution is 2.53. The number of allylic oxidation sites excluding steroid dienone is 1. The second kappa shape index (κ2) is 10.4. The third-order valence-electron chi connectivity index (χ3n) is 8.18. The van der Waals surface area contributed by atoms with E-state index >= 15 is 0 Å². The summed E-state index contributed by atoms with van der Waals surface area (Å²) < 4.78 is 24.3. The van der Waals surface area contributed by atoms with E-state index in [0.29, 0.717) is 18.4 Å². The van der Waals surface area contributed by atoms with Crippen molar-refractivity contribution in [3.63, 3.8) is 0 Å². The Hall–Kier alpha value is -3.22. The lowest BCUT2D eigenvalue weighted by Gasteiger charge is -2.47. The van der Waals surface area contributed by atoms with Gasteiger partial charge in [0, 0.05) is 23.7 Å². The van der Waals surface area contributed by atoms with Crippen molar-refractivity contribution >= 4 is 18.1 Å². The second-order valence-electron chi connectivity index (χ2n) is 10.3. The van der Waals surface area contributed by atoms with Gasteiger partial charge < -0.3 is 14.8 Å². The number of benzene rings is 1. The van der Waals surface area contributed by atoms with Crippen LogP contribution in [0.1, 0.15) is 45.2 Å². The highest BCUT2D eigenvalue weighted by atomic mass is 19.1. The summed E-state index contributed by atoms with van der Waals surface area (Å²) in [6, 6.07) is 10.4. The van der Waals surface area contributed by atoms with Gasteiger partial charge in [0.05, 0.1) is 18.2 Å². The Kier molecular flexibility index (Phi) is 7.08. The third kappa shape index (κ3) is 5.01. The van der Waals surface area contributed by atoms with Crippen LogP contribution in [0.2, 0.25) is 0 Å². The minimum atomic E-state index is -0.368. The van der Waals surface area contributed by atoms with Crippen molar-refractivity contribution in [1.82, 2.24) is 10.3 Å². The smallest absolute Gasteiger partial charge is 0.407 e. The van der Waals surface area contributed by atoms with E-state index < -0.39 is 0 Å². The van der Waals surface area contributed by atoms with Crippen LogP contribution in [0, 0.1) is 35.4 Å². The maximum Gasteiger partial charge on any atom is 0.407 e. The van der Waals surface area contributed by atoms with E-state index in [1.165, 1.54) is 12.1 Å². The first kappa shape index (κ1) is 24.5. The Bertz CT molecular complexity index is 1130. The number of carbonyl (C=O) groups excluding carboxylic acids is 2. The monoisotopic (exact) mass is 492 g/mol. The Balaban J connectivity index is 1.34. The number of aromatic nitrogens is 1. The van der Waals surface area contributed by atoms with Gasteiger partial charge in [0.15, 0.2) is 0 Å². The van der Waals surface area contributed by atoms with Gasteiger partial charge >= 0.3 is 12.1 Å². The van der Waals surface area contributed by atoms with Crippen molar-refractivity contribution in [1.29, 1.82) is 0 Å². The first-order chi connectivity index (χ1) is 17.4. The molecule has 1 aromatic heterocycles. The van der Waals surface area contributed by atoms with Crippen molar-refractivity contribution in [3.8, 4) is 11.1 Å². The topological polar surface area (TPSA) is 77.5 Å². The quantitative estimate of drug-likeness (QED) is 0.548. The summed E-state index contributed by atoms with van der Waals surface area (Å²) in [5.41, 5.74) is 2.48. The molecule has 2 aliphatic carbocycles. The van der Waals surface area contributed by atoms with Crippen LogP contribution in [-0.4, -0.2) is 35.8 Å². The molecule has 6 nitrogen and oxygen atoms in total. The van der Waals surface area contributed by atoms with E-state index in [9.17, 15) is 14.0 Å². The molecule has 1 N–H and O–H groups in total. The van der Waals surface area contributed by atoms with Gasteiger partial charge in [0.1, 0.15) is 11.9 Å². The molecule has 1 saturated heterocycles. The number of hydrogen-bond acceptors (Lipinski definition) is 5. The van der Waals surface area contributed by atoms with Crippen molar-refractivity contribution in [2.45, 2.75) is 51.7 Å². The van der Waals surface area contributed by atoms with Gasteiger partial charge in [-0.2, -0.15) is 0 Å². The molecular weight excluding hydrogens is 459 g/mol. The van der Waals surface area contributed by atoms with Crippen LogP contribution in [0.15, 0.2) is 48.7 Å². The zero-order valence-electron chi connectivity index (χ0n) is 20.7. The van der Waals surface area contributed by atoms with E-state index in [-0.39, 0.29) is 47.8 Å². The zero-order valence-corrected chi connectivity index (χ0v) is 20.7. The minimum absolute atomic E-state index is 0.0679. The largest absolute Gasteiger partial charge is 0.462 e. The van der Waals surface area contributed by atoms with Crippen LogP contribution in [0.4, 0.5) is 9.18 Å². The molecule has 0 spiro atoms. The first-order valence-corrected chi connectivity index (χ1v) is 13.0. The molecular formula is C29H33FN2O4. The number of alkyl carbamates (subject to hydrolysis) is 1. The van der Waals surface area contributed by atoms with E-state index in [1.54, 1.807) is 19.2 Å². The van der Waals surface area contributed by atoms with Gasteiger partial charge in [-0.3, -0.25) is 9.78 Å². The molecule has 0 unspecified atom stereocenters. The number of halogens is 1. The van der Waals surface area contributed by atoms with Crippen LogP contribution in [-0.2, 0) is 14.3 Å². The number of nitrogens with zero attached hydrogens (tertiary/aromatic N) is 1. The molecule has 2 heterocycles. The third-order valence-corrected chi connectivity index (χ3v) is 8.18. The fourth-order valence-corrected chi connectivity index (χ4v) is 6.64. The maximum absolute atomic E-state index is 13.6. The molecule has 1 amide bonds. The molecule has 1 aliphatic heterocycles. The maximum atomic E-state index is 13.6. The standard InChI is InChI=1S/C29H33FN2O4/c1-3-35-29(34)32-23-10-11-24-20(14-23)15-26-27(17(2)36-28(26)33)25(24)12-9-22-8-7-19(16-31-22)18-5-4-6-21(30)13-18/h4-9,12-13,16-17,20,23-27H,3,10-11,14-15H2,1-2H3,(H,32,34)/t17-,20+,23-,24+,25+,26-,27+/m0/s1. The molecule has 0 radical (unpaired) electrons. The summed E-state index contributed by atoms with van der Waals surface area (Å²) in [4.78, 5) is 29.2. The lowest BCUT2D eigenvalue weighted by atomic mass is 9.57. The molecule has 2 saturated carbocycles. The predicted molar refractivity (Wildman–Crippen MR) is 134 cm³/mol. The Morgan fingerprint density at radius 2 is 2.08 bits per heavy atom. The number of pyridine rings is 1. The number of esters is 1. The van der Waals surface area contributed by atoms with Gasteiger partial charge in [0.2, 0.25) is 0 Å². The van der Waals surface area contributed by atoms with Crippen molar-refractivity contribution in [2.24, 2.45) is 29.6 Å². The lowest BCUT2D eigenvalue weighted by molar-refractivity contribution is -0.144. The molecule has 3 aliphatic rings. The van der Waals surface area contributed by atoms with Gasteiger partial charge in [-0.05, 0) is 87.1 Å². The molecule has 2 aromatic rings. The lowest BCUT2D eigenvalue weighted by Crippen LogP contribution is -2.48. The van der Waals surface area contributed by atoms with E-state index in [0.717, 1.165) is 42.5 Å². The van der Waals surface area contributed by atoms with Crippen molar-refractivity contribution < 1.29 is 23.5 Å². The Labute approximate surface area is 211 Å². The number of rotatable bonds is 5. The number of amides is 1. The van der Waals surface area contributed by atoms with Crippen molar-refractivity contribution in [2.75, 3.05) is 6.61 Å². The zero-order chi connectivity index (χ0) is 25.2. The highest BCUT2D eigenvalue weighted by molar-refractivity contribution is 5.75. The van der Waals surface area contributed by atoms with Gasteiger partial charge in [-0.25, -0.2) is 9.18 Å². The fraction of sp³-hybridized carbons (Fsp3) is 0.483. The van der Waals surface area contributed by atoms with Crippen LogP contribution in [0.3, 0.4) is 0 Å². The first-order valence-electron chi connectivity index (χ1n) is 13.0. The second-order valence-corrected chi connectivity index (χ2v) is 10.3. The molecule has 1 aromatic carbocycles. The van der Waals surface area contributed by atoms with Gasteiger partial charge in [-0.15, -0.1) is 0 Å². The number of fused-ring (bicyclic) bond motifs is 2. The molecule has 190 valence electrons. The van der Waals surface area contributed by atoms with E-state index in [2.05, 4.69) is 16.4 Å². The SMILES string of the molecule is CCOC(=O)N[C@H]1CC[C@@H]2[C@H](C1)C[C@@H]1C(=O)O[C@@H](C)[C@@H]1[C@@H]2C=Cc1ccc(-c2cccc(F)c2)cn1. The molecule has 5 rings (SSSR count). The average Bonchev–Trinajstić information content (AvgIpc) is 3.15. The summed E-state index contributed by atoms with van der Waals surface area (Å²) in [5, 5.41) is 3.00. The predicted octanol–water partition coefficient (Wildman–Crippen LogP) is 5.63. The van der Waals surface area contributed by atoms with E-state index in [1.807, 2.05) is 31.2 Å². The Morgan fingerprint density at radius 1 is 1.22 bits per heavy atom. The highest BCUT2D eigenvalue weighted by Gasteiger charge is 2.54.